The Morgan fingerprint density at radius 3 is 2.43 bits per heavy atom. The molecule has 3 amide bonds. The molecule has 0 saturated heterocycles. The van der Waals surface area contributed by atoms with E-state index >= 15 is 0 Å². The highest BCUT2D eigenvalue weighted by Gasteiger charge is 2.34. The monoisotopic (exact) mass is 391 g/mol. The molecular formula is C19H25N3O6. The van der Waals surface area contributed by atoms with Crippen LogP contribution in [0.2, 0.25) is 0 Å². The molecule has 0 radical (unpaired) electrons. The fraction of sp³-hybridized carbons (Fsp3) is 0.421. The van der Waals surface area contributed by atoms with Crippen LogP contribution in [0.3, 0.4) is 0 Å². The zero-order valence-electron chi connectivity index (χ0n) is 16.4. The molecule has 152 valence electrons. The zero-order chi connectivity index (χ0) is 20.7. The van der Waals surface area contributed by atoms with Crippen molar-refractivity contribution in [3.63, 3.8) is 0 Å². The number of benzene rings is 1. The number of allylic oxidation sites excluding steroid dienone is 1. The lowest BCUT2D eigenvalue weighted by molar-refractivity contribution is -0.140. The molecule has 1 aromatic carbocycles. The maximum Gasteiger partial charge on any atom is 0.338 e. The van der Waals surface area contributed by atoms with Crippen molar-refractivity contribution < 1.29 is 28.6 Å². The highest BCUT2D eigenvalue weighted by atomic mass is 16.6. The number of nitrogens with one attached hydrogen (secondary N) is 2. The Morgan fingerprint density at radius 2 is 1.82 bits per heavy atom. The lowest BCUT2D eigenvalue weighted by Gasteiger charge is -2.33. The van der Waals surface area contributed by atoms with E-state index in [0.717, 1.165) is 0 Å². The van der Waals surface area contributed by atoms with E-state index in [4.69, 9.17) is 14.2 Å². The molecule has 1 atom stereocenters. The first-order chi connectivity index (χ1) is 13.4. The lowest BCUT2D eigenvalue weighted by atomic mass is 9.95. The van der Waals surface area contributed by atoms with Gasteiger partial charge < -0.3 is 29.7 Å². The molecule has 9 nitrogen and oxygen atoms in total. The van der Waals surface area contributed by atoms with Gasteiger partial charge >= 0.3 is 12.0 Å². The van der Waals surface area contributed by atoms with Gasteiger partial charge in [-0.15, -0.1) is 0 Å². The smallest absolute Gasteiger partial charge is 0.338 e. The van der Waals surface area contributed by atoms with E-state index in [1.54, 1.807) is 38.2 Å². The summed E-state index contributed by atoms with van der Waals surface area (Å²) in [6.45, 7) is 2.03. The number of carbonyl (C=O) groups is 3. The van der Waals surface area contributed by atoms with Gasteiger partial charge in [0.15, 0.2) is 0 Å². The summed E-state index contributed by atoms with van der Waals surface area (Å²) in [6, 6.07) is 5.85. The molecule has 1 aliphatic rings. The van der Waals surface area contributed by atoms with Crippen LogP contribution in [0.4, 0.5) is 10.5 Å². The third kappa shape index (κ3) is 5.08. The van der Waals surface area contributed by atoms with Gasteiger partial charge in [0.1, 0.15) is 13.2 Å². The summed E-state index contributed by atoms with van der Waals surface area (Å²) in [4.78, 5) is 37.8. The molecule has 9 heteroatoms. The van der Waals surface area contributed by atoms with Crippen LogP contribution in [-0.4, -0.2) is 63.9 Å². The maximum absolute atomic E-state index is 12.6. The highest BCUT2D eigenvalue weighted by molar-refractivity contribution is 5.95. The molecule has 1 heterocycles. The minimum Gasteiger partial charge on any atom is -0.460 e. The van der Waals surface area contributed by atoms with Gasteiger partial charge in [-0.1, -0.05) is 12.1 Å². The Kier molecular flexibility index (Phi) is 7.53. The van der Waals surface area contributed by atoms with Crippen molar-refractivity contribution in [1.82, 2.24) is 10.2 Å². The highest BCUT2D eigenvalue weighted by Crippen LogP contribution is 2.31. The molecular weight excluding hydrogens is 366 g/mol. The van der Waals surface area contributed by atoms with E-state index in [1.165, 1.54) is 19.1 Å². The third-order valence-corrected chi connectivity index (χ3v) is 4.30. The van der Waals surface area contributed by atoms with E-state index in [9.17, 15) is 14.4 Å². The summed E-state index contributed by atoms with van der Waals surface area (Å²) in [5.74, 6) is -0.801. The van der Waals surface area contributed by atoms with Crippen molar-refractivity contribution in [2.24, 2.45) is 0 Å². The topological polar surface area (TPSA) is 106 Å². The van der Waals surface area contributed by atoms with Crippen LogP contribution in [0, 0.1) is 0 Å². The number of urea groups is 1. The first-order valence-electron chi connectivity index (χ1n) is 8.68. The molecule has 2 N–H and O–H groups in total. The van der Waals surface area contributed by atoms with E-state index in [2.05, 4.69) is 10.6 Å². The molecule has 0 fully saturated rings. The second-order valence-corrected chi connectivity index (χ2v) is 6.17. The Morgan fingerprint density at radius 1 is 1.14 bits per heavy atom. The molecule has 2 rings (SSSR count). The summed E-state index contributed by atoms with van der Waals surface area (Å²) in [5, 5.41) is 5.49. The maximum atomic E-state index is 12.6. The molecule has 0 saturated carbocycles. The number of nitrogens with zero attached hydrogens (tertiary/aromatic N) is 1. The second kappa shape index (κ2) is 9.86. The number of methoxy groups -OCH3 is 2. The third-order valence-electron chi connectivity index (χ3n) is 4.30. The predicted octanol–water partition coefficient (Wildman–Crippen LogP) is 1.43. The fourth-order valence-corrected chi connectivity index (χ4v) is 2.73. The Labute approximate surface area is 163 Å². The first-order valence-corrected chi connectivity index (χ1v) is 8.68. The van der Waals surface area contributed by atoms with Crippen LogP contribution in [0.5, 0.6) is 0 Å². The molecule has 0 aliphatic carbocycles. The van der Waals surface area contributed by atoms with E-state index < -0.39 is 12.0 Å². The van der Waals surface area contributed by atoms with Crippen LogP contribution in [-0.2, 0) is 23.8 Å². The van der Waals surface area contributed by atoms with E-state index in [-0.39, 0.29) is 31.8 Å². The first kappa shape index (κ1) is 21.4. The van der Waals surface area contributed by atoms with Crippen LogP contribution >= 0.6 is 0 Å². The van der Waals surface area contributed by atoms with Gasteiger partial charge in [0, 0.05) is 32.7 Å². The van der Waals surface area contributed by atoms with Crippen LogP contribution in [0.25, 0.3) is 0 Å². The van der Waals surface area contributed by atoms with Gasteiger partial charge in [-0.3, -0.25) is 4.79 Å². The number of esters is 1. The summed E-state index contributed by atoms with van der Waals surface area (Å²) in [6.07, 6.45) is 0. The lowest BCUT2D eigenvalue weighted by Crippen LogP contribution is -2.46. The number of carbonyl (C=O) groups excluding carboxylic acids is 3. The Bertz CT molecular complexity index is 759. The van der Waals surface area contributed by atoms with Crippen LogP contribution in [0.15, 0.2) is 35.5 Å². The van der Waals surface area contributed by atoms with Crippen molar-refractivity contribution in [2.75, 3.05) is 46.4 Å². The molecule has 1 aromatic rings. The number of hydrogen-bond donors (Lipinski definition) is 2. The van der Waals surface area contributed by atoms with Crippen molar-refractivity contribution in [2.45, 2.75) is 13.0 Å². The second-order valence-electron chi connectivity index (χ2n) is 6.17. The Balaban J connectivity index is 2.26. The van der Waals surface area contributed by atoms with Crippen molar-refractivity contribution in [3.8, 4) is 0 Å². The number of anilines is 1. The summed E-state index contributed by atoms with van der Waals surface area (Å²) in [7, 11) is 4.54. The van der Waals surface area contributed by atoms with E-state index in [1.807, 2.05) is 0 Å². The predicted molar refractivity (Wildman–Crippen MR) is 102 cm³/mol. The quantitative estimate of drug-likeness (QED) is 0.513. The molecule has 1 aliphatic heterocycles. The minimum absolute atomic E-state index is 0.0494. The van der Waals surface area contributed by atoms with Gasteiger partial charge in [-0.05, 0) is 24.6 Å². The summed E-state index contributed by atoms with van der Waals surface area (Å²) < 4.78 is 14.9. The van der Waals surface area contributed by atoms with Gasteiger partial charge in [0.25, 0.3) is 0 Å². The number of rotatable bonds is 8. The molecule has 0 unspecified atom stereocenters. The Hall–Kier alpha value is -2.91. The van der Waals surface area contributed by atoms with Crippen molar-refractivity contribution >= 4 is 23.6 Å². The molecule has 0 spiro atoms. The number of amides is 3. The van der Waals surface area contributed by atoms with Crippen molar-refractivity contribution in [1.29, 1.82) is 0 Å². The van der Waals surface area contributed by atoms with Gasteiger partial charge in [0.05, 0.1) is 18.2 Å². The van der Waals surface area contributed by atoms with Crippen LogP contribution in [0.1, 0.15) is 18.5 Å². The van der Waals surface area contributed by atoms with Gasteiger partial charge in [-0.2, -0.15) is 0 Å². The number of hydrogen-bond acceptors (Lipinski definition) is 6. The standard InChI is InChI=1S/C19H25N3O6/c1-12-16(18(24)28-10-9-26-3)17(21-19(25)22(12)2)13-5-7-14(8-6-13)20-15(23)11-27-4/h5-8,17H,9-11H2,1-4H3,(H,20,23)(H,21,25)/t17-/m0/s1. The molecule has 0 aromatic heterocycles. The van der Waals surface area contributed by atoms with E-state index in [0.29, 0.717) is 22.5 Å². The summed E-state index contributed by atoms with van der Waals surface area (Å²) in [5.41, 5.74) is 2.11. The average molecular weight is 391 g/mol. The molecule has 28 heavy (non-hydrogen) atoms. The SMILES string of the molecule is COCCOC(=O)C1=C(C)N(C)C(=O)N[C@H]1c1ccc(NC(=O)COC)cc1. The normalized spacial score (nSPS) is 16.6. The van der Waals surface area contributed by atoms with Gasteiger partial charge in [-0.25, -0.2) is 9.59 Å². The minimum atomic E-state index is -0.664. The van der Waals surface area contributed by atoms with Gasteiger partial charge in [0.2, 0.25) is 5.91 Å². The zero-order valence-corrected chi connectivity index (χ0v) is 16.4. The fourth-order valence-electron chi connectivity index (χ4n) is 2.73. The molecule has 0 bridgehead atoms. The van der Waals surface area contributed by atoms with Crippen molar-refractivity contribution in [3.05, 3.63) is 41.1 Å². The summed E-state index contributed by atoms with van der Waals surface area (Å²) >= 11 is 0. The average Bonchev–Trinajstić information content (AvgIpc) is 2.66. The van der Waals surface area contributed by atoms with Crippen LogP contribution < -0.4 is 10.6 Å². The number of ether oxygens (including phenoxy) is 3. The largest absolute Gasteiger partial charge is 0.460 e.